The van der Waals surface area contributed by atoms with Crippen LogP contribution in [0.1, 0.15) is 25.3 Å². The minimum absolute atomic E-state index is 0.388. The molecular formula is C15H25N3O2S. The quantitative estimate of drug-likeness (QED) is 0.883. The highest BCUT2D eigenvalue weighted by Gasteiger charge is 2.28. The Morgan fingerprint density at radius 2 is 1.67 bits per heavy atom. The van der Waals surface area contributed by atoms with E-state index in [0.717, 1.165) is 25.2 Å². The standard InChI is InChI=1S/C15H25N3O2S/c1-13(2)14-3-5-15(6-4-14)21(19,20)18-11-9-17(8-7-16)10-12-18/h3-6,13H,7-12,16H2,1-2H3. The van der Waals surface area contributed by atoms with Crippen molar-refractivity contribution >= 4 is 10.0 Å². The maximum Gasteiger partial charge on any atom is 0.243 e. The van der Waals surface area contributed by atoms with Crippen LogP contribution in [-0.4, -0.2) is 56.9 Å². The van der Waals surface area contributed by atoms with E-state index in [0.29, 0.717) is 30.4 Å². The van der Waals surface area contributed by atoms with Crippen molar-refractivity contribution in [3.05, 3.63) is 29.8 Å². The van der Waals surface area contributed by atoms with E-state index in [9.17, 15) is 8.42 Å². The van der Waals surface area contributed by atoms with Crippen LogP contribution in [-0.2, 0) is 10.0 Å². The van der Waals surface area contributed by atoms with Crippen LogP contribution in [0.5, 0.6) is 0 Å². The zero-order chi connectivity index (χ0) is 15.5. The summed E-state index contributed by atoms with van der Waals surface area (Å²) in [6.45, 7) is 8.21. The van der Waals surface area contributed by atoms with Crippen molar-refractivity contribution in [3.8, 4) is 0 Å². The van der Waals surface area contributed by atoms with E-state index in [4.69, 9.17) is 5.73 Å². The summed E-state index contributed by atoms with van der Waals surface area (Å²) in [7, 11) is -3.37. The molecule has 1 saturated heterocycles. The van der Waals surface area contributed by atoms with Gasteiger partial charge in [-0.25, -0.2) is 8.42 Å². The van der Waals surface area contributed by atoms with Gasteiger partial charge in [-0.1, -0.05) is 26.0 Å². The molecule has 2 N–H and O–H groups in total. The summed E-state index contributed by atoms with van der Waals surface area (Å²) < 4.78 is 26.8. The summed E-state index contributed by atoms with van der Waals surface area (Å²) in [6, 6.07) is 7.25. The number of hydrogen-bond acceptors (Lipinski definition) is 4. The minimum Gasteiger partial charge on any atom is -0.329 e. The first-order chi connectivity index (χ1) is 9.95. The van der Waals surface area contributed by atoms with E-state index in [2.05, 4.69) is 18.7 Å². The van der Waals surface area contributed by atoms with Crippen LogP contribution in [0, 0.1) is 0 Å². The summed E-state index contributed by atoms with van der Waals surface area (Å²) in [5.74, 6) is 0.404. The van der Waals surface area contributed by atoms with E-state index in [1.54, 1.807) is 16.4 Å². The molecule has 1 aliphatic rings. The van der Waals surface area contributed by atoms with E-state index in [-0.39, 0.29) is 0 Å². The molecule has 1 aliphatic heterocycles. The van der Waals surface area contributed by atoms with Gasteiger partial charge in [0.2, 0.25) is 10.0 Å². The number of nitrogens with zero attached hydrogens (tertiary/aromatic N) is 2. The second kappa shape index (κ2) is 6.87. The Morgan fingerprint density at radius 3 is 2.14 bits per heavy atom. The number of nitrogens with two attached hydrogens (primary N) is 1. The fourth-order valence-corrected chi connectivity index (χ4v) is 3.97. The molecule has 2 rings (SSSR count). The Morgan fingerprint density at radius 1 is 1.10 bits per heavy atom. The molecule has 1 aromatic carbocycles. The van der Waals surface area contributed by atoms with Crippen LogP contribution in [0.4, 0.5) is 0 Å². The first-order valence-electron chi connectivity index (χ1n) is 7.47. The Balaban J connectivity index is 2.08. The van der Waals surface area contributed by atoms with Gasteiger partial charge in [0.25, 0.3) is 0 Å². The minimum atomic E-state index is -3.37. The third-order valence-corrected chi connectivity index (χ3v) is 5.87. The molecule has 1 heterocycles. The molecule has 0 spiro atoms. The molecule has 0 aromatic heterocycles. The number of piperazine rings is 1. The monoisotopic (exact) mass is 311 g/mol. The van der Waals surface area contributed by atoms with Crippen molar-refractivity contribution in [3.63, 3.8) is 0 Å². The maximum absolute atomic E-state index is 12.6. The zero-order valence-electron chi connectivity index (χ0n) is 12.8. The summed E-state index contributed by atoms with van der Waals surface area (Å²) >= 11 is 0. The normalized spacial score (nSPS) is 18.3. The van der Waals surface area contributed by atoms with E-state index in [1.165, 1.54) is 0 Å². The van der Waals surface area contributed by atoms with Crippen LogP contribution in [0.3, 0.4) is 0 Å². The van der Waals surface area contributed by atoms with Gasteiger partial charge in [0.1, 0.15) is 0 Å². The van der Waals surface area contributed by atoms with Crippen molar-refractivity contribution in [2.45, 2.75) is 24.7 Å². The highest BCUT2D eigenvalue weighted by Crippen LogP contribution is 2.21. The number of rotatable bonds is 5. The number of hydrogen-bond donors (Lipinski definition) is 1. The Bertz CT molecular complexity index is 547. The first-order valence-corrected chi connectivity index (χ1v) is 8.91. The SMILES string of the molecule is CC(C)c1ccc(S(=O)(=O)N2CCN(CCN)CC2)cc1. The second-order valence-electron chi connectivity index (χ2n) is 5.76. The third-order valence-electron chi connectivity index (χ3n) is 3.96. The third kappa shape index (κ3) is 3.83. The number of sulfonamides is 1. The maximum atomic E-state index is 12.6. The van der Waals surface area contributed by atoms with Crippen molar-refractivity contribution in [2.75, 3.05) is 39.3 Å². The van der Waals surface area contributed by atoms with Gasteiger partial charge in [-0.15, -0.1) is 0 Å². The fraction of sp³-hybridized carbons (Fsp3) is 0.600. The number of benzene rings is 1. The van der Waals surface area contributed by atoms with Crippen molar-refractivity contribution < 1.29 is 8.42 Å². The first kappa shape index (κ1) is 16.4. The van der Waals surface area contributed by atoms with Gasteiger partial charge in [-0.05, 0) is 23.6 Å². The van der Waals surface area contributed by atoms with Crippen LogP contribution >= 0.6 is 0 Å². The average molecular weight is 311 g/mol. The van der Waals surface area contributed by atoms with Gasteiger partial charge in [0.05, 0.1) is 4.90 Å². The lowest BCUT2D eigenvalue weighted by Crippen LogP contribution is -2.49. The molecular weight excluding hydrogens is 286 g/mol. The van der Waals surface area contributed by atoms with Crippen molar-refractivity contribution in [1.29, 1.82) is 0 Å². The molecule has 6 heteroatoms. The van der Waals surface area contributed by atoms with Crippen molar-refractivity contribution in [2.24, 2.45) is 5.73 Å². The Kier molecular flexibility index (Phi) is 5.37. The predicted molar refractivity (Wildman–Crippen MR) is 84.8 cm³/mol. The molecule has 1 aromatic rings. The summed E-state index contributed by atoms with van der Waals surface area (Å²) in [5.41, 5.74) is 6.69. The Hall–Kier alpha value is -0.950. The zero-order valence-corrected chi connectivity index (χ0v) is 13.6. The molecule has 5 nitrogen and oxygen atoms in total. The lowest BCUT2D eigenvalue weighted by Gasteiger charge is -2.33. The highest BCUT2D eigenvalue weighted by atomic mass is 32.2. The van der Waals surface area contributed by atoms with Gasteiger partial charge >= 0.3 is 0 Å². The predicted octanol–water partition coefficient (Wildman–Crippen LogP) is 1.08. The molecule has 0 atom stereocenters. The fourth-order valence-electron chi connectivity index (χ4n) is 2.55. The van der Waals surface area contributed by atoms with Crippen LogP contribution in [0.15, 0.2) is 29.2 Å². The molecule has 21 heavy (non-hydrogen) atoms. The molecule has 118 valence electrons. The second-order valence-corrected chi connectivity index (χ2v) is 7.70. The summed E-state index contributed by atoms with van der Waals surface area (Å²) in [5, 5.41) is 0. The molecule has 0 aliphatic carbocycles. The largest absolute Gasteiger partial charge is 0.329 e. The Labute approximate surface area is 127 Å². The lowest BCUT2D eigenvalue weighted by molar-refractivity contribution is 0.192. The van der Waals surface area contributed by atoms with Gasteiger partial charge in [-0.2, -0.15) is 4.31 Å². The van der Waals surface area contributed by atoms with E-state index in [1.807, 2.05) is 12.1 Å². The molecule has 0 radical (unpaired) electrons. The lowest BCUT2D eigenvalue weighted by atomic mass is 10.0. The van der Waals surface area contributed by atoms with E-state index >= 15 is 0 Å². The molecule has 0 amide bonds. The highest BCUT2D eigenvalue weighted by molar-refractivity contribution is 7.89. The smallest absolute Gasteiger partial charge is 0.243 e. The van der Waals surface area contributed by atoms with Gasteiger partial charge < -0.3 is 5.73 Å². The summed E-state index contributed by atoms with van der Waals surface area (Å²) in [4.78, 5) is 2.59. The molecule has 0 saturated carbocycles. The summed E-state index contributed by atoms with van der Waals surface area (Å²) in [6.07, 6.45) is 0. The van der Waals surface area contributed by atoms with Crippen LogP contribution in [0.2, 0.25) is 0 Å². The van der Waals surface area contributed by atoms with Crippen LogP contribution < -0.4 is 5.73 Å². The average Bonchev–Trinajstić information content (AvgIpc) is 2.48. The van der Waals surface area contributed by atoms with Gasteiger partial charge in [0, 0.05) is 39.3 Å². The van der Waals surface area contributed by atoms with Gasteiger partial charge in [0.15, 0.2) is 0 Å². The molecule has 1 fully saturated rings. The van der Waals surface area contributed by atoms with Crippen molar-refractivity contribution in [1.82, 2.24) is 9.21 Å². The van der Waals surface area contributed by atoms with Gasteiger partial charge in [-0.3, -0.25) is 4.90 Å². The topological polar surface area (TPSA) is 66.6 Å². The molecule has 0 unspecified atom stereocenters. The van der Waals surface area contributed by atoms with E-state index < -0.39 is 10.0 Å². The molecule has 0 bridgehead atoms. The van der Waals surface area contributed by atoms with Crippen LogP contribution in [0.25, 0.3) is 0 Å².